The Labute approximate surface area is 190 Å². The number of aromatic nitrogens is 2. The van der Waals surface area contributed by atoms with E-state index in [0.717, 1.165) is 16.8 Å². The maximum Gasteiger partial charge on any atom is 0.266 e. The van der Waals surface area contributed by atoms with E-state index < -0.39 is 0 Å². The fourth-order valence-electron chi connectivity index (χ4n) is 3.56. The van der Waals surface area contributed by atoms with Gasteiger partial charge in [0.05, 0.1) is 29.5 Å². The molecule has 0 aliphatic rings. The molecule has 32 heavy (non-hydrogen) atoms. The number of rotatable bonds is 6. The van der Waals surface area contributed by atoms with E-state index in [4.69, 9.17) is 4.74 Å². The van der Waals surface area contributed by atoms with Crippen molar-refractivity contribution in [2.45, 2.75) is 19.0 Å². The number of carbonyl (C=O) groups is 1. The molecule has 0 fully saturated rings. The van der Waals surface area contributed by atoms with Gasteiger partial charge in [0.1, 0.15) is 5.75 Å². The van der Waals surface area contributed by atoms with E-state index in [1.165, 1.54) is 16.3 Å². The number of fused-ring (bicyclic) bond motifs is 1. The third kappa shape index (κ3) is 4.68. The van der Waals surface area contributed by atoms with E-state index in [1.54, 1.807) is 25.3 Å². The number of anilines is 1. The molecule has 3 aromatic carbocycles. The van der Waals surface area contributed by atoms with Gasteiger partial charge >= 0.3 is 0 Å². The van der Waals surface area contributed by atoms with Crippen LogP contribution in [0.15, 0.2) is 76.7 Å². The molecule has 1 aromatic heterocycles. The summed E-state index contributed by atoms with van der Waals surface area (Å²) < 4.78 is 6.85. The van der Waals surface area contributed by atoms with Crippen LogP contribution in [0.2, 0.25) is 0 Å². The largest absolute Gasteiger partial charge is 0.497 e. The lowest BCUT2D eigenvalue weighted by Crippen LogP contribution is -2.23. The Morgan fingerprint density at radius 2 is 1.78 bits per heavy atom. The third-order valence-corrected chi connectivity index (χ3v) is 5.83. The highest BCUT2D eigenvalue weighted by molar-refractivity contribution is 7.99. The van der Waals surface area contributed by atoms with E-state index in [2.05, 4.69) is 16.4 Å². The van der Waals surface area contributed by atoms with Crippen LogP contribution in [0.5, 0.6) is 5.75 Å². The molecule has 0 atom stereocenters. The van der Waals surface area contributed by atoms with Crippen LogP contribution in [0.3, 0.4) is 0 Å². The molecule has 0 saturated carbocycles. The number of hydrogen-bond donors (Lipinski definition) is 1. The lowest BCUT2D eigenvalue weighted by molar-refractivity contribution is -0.113. The van der Waals surface area contributed by atoms with Gasteiger partial charge in [0.25, 0.3) is 5.56 Å². The Kier molecular flexibility index (Phi) is 6.28. The Morgan fingerprint density at radius 3 is 2.53 bits per heavy atom. The number of thioether (sulfide) groups is 1. The highest BCUT2D eigenvalue weighted by Crippen LogP contribution is 2.24. The Balaban J connectivity index is 1.68. The average Bonchev–Trinajstić information content (AvgIpc) is 2.77. The summed E-state index contributed by atoms with van der Waals surface area (Å²) in [6.45, 7) is 3.98. The number of benzene rings is 3. The summed E-state index contributed by atoms with van der Waals surface area (Å²) in [5.41, 5.74) is 3.94. The molecular formula is C25H23N3O3S. The zero-order valence-corrected chi connectivity index (χ0v) is 18.9. The van der Waals surface area contributed by atoms with Gasteiger partial charge in [0.2, 0.25) is 5.91 Å². The monoisotopic (exact) mass is 445 g/mol. The first kappa shape index (κ1) is 21.6. The van der Waals surface area contributed by atoms with Crippen LogP contribution in [0.4, 0.5) is 5.69 Å². The molecule has 4 aromatic rings. The number of ether oxygens (including phenoxy) is 1. The van der Waals surface area contributed by atoms with Gasteiger partial charge in [-0.15, -0.1) is 0 Å². The molecule has 0 bridgehead atoms. The molecule has 6 nitrogen and oxygen atoms in total. The van der Waals surface area contributed by atoms with Crippen LogP contribution in [-0.4, -0.2) is 28.3 Å². The topological polar surface area (TPSA) is 73.2 Å². The first-order chi connectivity index (χ1) is 15.4. The van der Waals surface area contributed by atoms with Gasteiger partial charge < -0.3 is 10.1 Å². The van der Waals surface area contributed by atoms with E-state index in [0.29, 0.717) is 27.5 Å². The van der Waals surface area contributed by atoms with Crippen molar-refractivity contribution in [3.05, 3.63) is 88.2 Å². The molecule has 162 valence electrons. The molecule has 1 N–H and O–H groups in total. The molecular weight excluding hydrogens is 422 g/mol. The van der Waals surface area contributed by atoms with Crippen molar-refractivity contribution in [2.24, 2.45) is 0 Å². The van der Waals surface area contributed by atoms with Crippen LogP contribution in [0.25, 0.3) is 16.6 Å². The van der Waals surface area contributed by atoms with Gasteiger partial charge in [-0.1, -0.05) is 36.0 Å². The SMILES string of the molecule is COc1cccc(-n2c(SCC(=O)Nc3cc(C)cc(C)c3)nc3ccccc3c2=O)c1. The zero-order chi connectivity index (χ0) is 22.7. The number of amides is 1. The first-order valence-electron chi connectivity index (χ1n) is 10.1. The van der Waals surface area contributed by atoms with Gasteiger partial charge in [0.15, 0.2) is 5.16 Å². The molecule has 0 radical (unpaired) electrons. The lowest BCUT2D eigenvalue weighted by atomic mass is 10.1. The van der Waals surface area contributed by atoms with Crippen LogP contribution in [0, 0.1) is 13.8 Å². The number of methoxy groups -OCH3 is 1. The Morgan fingerprint density at radius 1 is 1.03 bits per heavy atom. The number of hydrogen-bond acceptors (Lipinski definition) is 5. The second-order valence-corrected chi connectivity index (χ2v) is 8.41. The van der Waals surface area contributed by atoms with Gasteiger partial charge in [0, 0.05) is 11.8 Å². The molecule has 0 unspecified atom stereocenters. The highest BCUT2D eigenvalue weighted by Gasteiger charge is 2.15. The van der Waals surface area contributed by atoms with Crippen molar-refractivity contribution < 1.29 is 9.53 Å². The van der Waals surface area contributed by atoms with Crippen molar-refractivity contribution >= 4 is 34.3 Å². The van der Waals surface area contributed by atoms with Gasteiger partial charge in [-0.2, -0.15) is 0 Å². The number of aryl methyl sites for hydroxylation is 2. The second-order valence-electron chi connectivity index (χ2n) is 7.47. The van der Waals surface area contributed by atoms with E-state index in [-0.39, 0.29) is 17.2 Å². The van der Waals surface area contributed by atoms with Crippen molar-refractivity contribution in [2.75, 3.05) is 18.2 Å². The molecule has 0 aliphatic heterocycles. The van der Waals surface area contributed by atoms with Crippen molar-refractivity contribution in [3.63, 3.8) is 0 Å². The summed E-state index contributed by atoms with van der Waals surface area (Å²) in [6, 6.07) is 20.3. The van der Waals surface area contributed by atoms with Crippen LogP contribution in [-0.2, 0) is 4.79 Å². The maximum absolute atomic E-state index is 13.3. The average molecular weight is 446 g/mol. The molecule has 0 saturated heterocycles. The molecule has 4 rings (SSSR count). The van der Waals surface area contributed by atoms with E-state index in [1.807, 2.05) is 56.3 Å². The second kappa shape index (κ2) is 9.28. The molecule has 0 aliphatic carbocycles. The number of para-hydroxylation sites is 1. The van der Waals surface area contributed by atoms with Crippen molar-refractivity contribution in [1.82, 2.24) is 9.55 Å². The molecule has 1 amide bonds. The number of carbonyl (C=O) groups excluding carboxylic acids is 1. The van der Waals surface area contributed by atoms with Gasteiger partial charge in [-0.3, -0.25) is 14.2 Å². The molecule has 1 heterocycles. The van der Waals surface area contributed by atoms with Crippen molar-refractivity contribution in [1.29, 1.82) is 0 Å². The molecule has 0 spiro atoms. The summed E-state index contributed by atoms with van der Waals surface area (Å²) >= 11 is 1.22. The van der Waals surface area contributed by atoms with Crippen LogP contribution in [0.1, 0.15) is 11.1 Å². The van der Waals surface area contributed by atoms with Gasteiger partial charge in [-0.05, 0) is 61.4 Å². The quantitative estimate of drug-likeness (QED) is 0.343. The van der Waals surface area contributed by atoms with E-state index >= 15 is 0 Å². The highest BCUT2D eigenvalue weighted by atomic mass is 32.2. The zero-order valence-electron chi connectivity index (χ0n) is 18.1. The normalized spacial score (nSPS) is 10.8. The Hall–Kier alpha value is -3.58. The fourth-order valence-corrected chi connectivity index (χ4v) is 4.37. The predicted octanol–water partition coefficient (Wildman–Crippen LogP) is 4.74. The summed E-state index contributed by atoms with van der Waals surface area (Å²) in [5.74, 6) is 0.576. The minimum absolute atomic E-state index is 0.113. The summed E-state index contributed by atoms with van der Waals surface area (Å²) in [4.78, 5) is 30.6. The predicted molar refractivity (Wildman–Crippen MR) is 129 cm³/mol. The minimum atomic E-state index is -0.193. The van der Waals surface area contributed by atoms with Crippen LogP contribution >= 0.6 is 11.8 Å². The van der Waals surface area contributed by atoms with Gasteiger partial charge in [-0.25, -0.2) is 4.98 Å². The van der Waals surface area contributed by atoms with Crippen molar-refractivity contribution in [3.8, 4) is 11.4 Å². The molecule has 7 heteroatoms. The van der Waals surface area contributed by atoms with E-state index in [9.17, 15) is 9.59 Å². The summed E-state index contributed by atoms with van der Waals surface area (Å²) in [7, 11) is 1.58. The summed E-state index contributed by atoms with van der Waals surface area (Å²) in [5, 5.41) is 3.88. The lowest BCUT2D eigenvalue weighted by Gasteiger charge is -2.14. The number of nitrogens with one attached hydrogen (secondary N) is 1. The number of nitrogens with zero attached hydrogens (tertiary/aromatic N) is 2. The first-order valence-corrected chi connectivity index (χ1v) is 11.1. The third-order valence-electron chi connectivity index (χ3n) is 4.89. The Bertz CT molecular complexity index is 1340. The summed E-state index contributed by atoms with van der Waals surface area (Å²) in [6.07, 6.45) is 0. The minimum Gasteiger partial charge on any atom is -0.497 e. The van der Waals surface area contributed by atoms with Crippen LogP contribution < -0.4 is 15.6 Å². The fraction of sp³-hybridized carbons (Fsp3) is 0.160. The smallest absolute Gasteiger partial charge is 0.266 e. The maximum atomic E-state index is 13.3. The standard InChI is InChI=1S/C25H23N3O3S/c1-16-11-17(2)13-18(12-16)26-23(29)15-32-25-27-22-10-5-4-9-21(22)24(30)28(25)19-7-6-8-20(14-19)31-3/h4-14H,15H2,1-3H3,(H,26,29).